The maximum absolute atomic E-state index is 12.7. The number of carbonyl (C=O) groups excluding carboxylic acids is 4. The van der Waals surface area contributed by atoms with Crippen molar-refractivity contribution in [2.75, 3.05) is 6.54 Å². The van der Waals surface area contributed by atoms with Crippen LogP contribution in [-0.4, -0.2) is 50.6 Å². The fraction of sp³-hybridized carbons (Fsp3) is 0.333. The minimum Gasteiger partial charge on any atom is -0.444 e. The van der Waals surface area contributed by atoms with Gasteiger partial charge in [-0.1, -0.05) is 17.2 Å². The zero-order valence-corrected chi connectivity index (χ0v) is 16.9. The molecule has 3 amide bonds. The number of imide groups is 1. The third kappa shape index (κ3) is 3.42. The second kappa shape index (κ2) is 7.01. The average molecular weight is 411 g/mol. The standard InChI is InChI=1S/C21H21N3O6/c1-21(2,3)29-20(28)22-10-11-23-13(12-22)8-9-16(23)19(27)30-24-17(25)14-6-4-5-7-15(14)18(24)26/h4-9H,10-12H2,1-3H3. The van der Waals surface area contributed by atoms with Crippen LogP contribution in [0.15, 0.2) is 36.4 Å². The van der Waals surface area contributed by atoms with E-state index < -0.39 is 29.5 Å². The molecule has 0 atom stereocenters. The molecule has 1 aromatic heterocycles. The lowest BCUT2D eigenvalue weighted by molar-refractivity contribution is -0.0592. The van der Waals surface area contributed by atoms with E-state index >= 15 is 0 Å². The molecule has 0 saturated carbocycles. The van der Waals surface area contributed by atoms with Crippen molar-refractivity contribution in [1.29, 1.82) is 0 Å². The second-order valence-corrected chi connectivity index (χ2v) is 8.09. The SMILES string of the molecule is CC(C)(C)OC(=O)N1CCn2c(ccc2C(=O)ON2C(=O)c3ccccc3C2=O)C1. The van der Waals surface area contributed by atoms with Crippen LogP contribution in [-0.2, 0) is 22.7 Å². The summed E-state index contributed by atoms with van der Waals surface area (Å²) in [5.41, 5.74) is 0.713. The highest BCUT2D eigenvalue weighted by molar-refractivity contribution is 6.21. The van der Waals surface area contributed by atoms with Gasteiger partial charge < -0.3 is 19.0 Å². The van der Waals surface area contributed by atoms with Crippen molar-refractivity contribution in [2.45, 2.75) is 39.5 Å². The number of nitrogens with zero attached hydrogens (tertiary/aromatic N) is 3. The van der Waals surface area contributed by atoms with Gasteiger partial charge in [0.15, 0.2) is 0 Å². The summed E-state index contributed by atoms with van der Waals surface area (Å²) in [6.45, 7) is 6.37. The Balaban J connectivity index is 1.48. The van der Waals surface area contributed by atoms with E-state index in [-0.39, 0.29) is 23.4 Å². The van der Waals surface area contributed by atoms with Crippen LogP contribution in [0.3, 0.4) is 0 Å². The Morgan fingerprint density at radius 2 is 1.57 bits per heavy atom. The Bertz CT molecular complexity index is 1030. The van der Waals surface area contributed by atoms with Crippen molar-refractivity contribution >= 4 is 23.9 Å². The van der Waals surface area contributed by atoms with E-state index in [4.69, 9.17) is 9.57 Å². The largest absolute Gasteiger partial charge is 0.444 e. The van der Waals surface area contributed by atoms with E-state index in [1.165, 1.54) is 12.1 Å². The van der Waals surface area contributed by atoms with Gasteiger partial charge in [0.25, 0.3) is 11.8 Å². The second-order valence-electron chi connectivity index (χ2n) is 8.09. The highest BCUT2D eigenvalue weighted by atomic mass is 16.7. The van der Waals surface area contributed by atoms with Gasteiger partial charge in [-0.3, -0.25) is 9.59 Å². The van der Waals surface area contributed by atoms with Crippen LogP contribution in [0.25, 0.3) is 0 Å². The predicted molar refractivity (Wildman–Crippen MR) is 103 cm³/mol. The Morgan fingerprint density at radius 1 is 0.933 bits per heavy atom. The first-order valence-corrected chi connectivity index (χ1v) is 9.52. The fourth-order valence-electron chi connectivity index (χ4n) is 3.45. The maximum atomic E-state index is 12.7. The summed E-state index contributed by atoms with van der Waals surface area (Å²) in [7, 11) is 0. The first kappa shape index (κ1) is 19.7. The van der Waals surface area contributed by atoms with Crippen molar-refractivity contribution in [3.05, 3.63) is 58.9 Å². The normalized spacial score (nSPS) is 15.7. The van der Waals surface area contributed by atoms with Gasteiger partial charge >= 0.3 is 12.1 Å². The van der Waals surface area contributed by atoms with Crippen LogP contribution in [0, 0.1) is 0 Å². The van der Waals surface area contributed by atoms with Crippen LogP contribution >= 0.6 is 0 Å². The maximum Gasteiger partial charge on any atom is 0.410 e. The summed E-state index contributed by atoms with van der Waals surface area (Å²) in [5, 5.41) is 0.489. The van der Waals surface area contributed by atoms with Gasteiger partial charge in [-0.2, -0.15) is 0 Å². The molecule has 0 radical (unpaired) electrons. The number of benzene rings is 1. The van der Waals surface area contributed by atoms with Gasteiger partial charge in [0, 0.05) is 18.8 Å². The Labute approximate surface area is 172 Å². The molecular weight excluding hydrogens is 390 g/mol. The first-order chi connectivity index (χ1) is 14.2. The number of hydroxylamine groups is 2. The number of hydrogen-bond donors (Lipinski definition) is 0. The van der Waals surface area contributed by atoms with Gasteiger partial charge in [-0.05, 0) is 45.0 Å². The van der Waals surface area contributed by atoms with Crippen LogP contribution in [0.4, 0.5) is 4.79 Å². The molecule has 0 spiro atoms. The molecule has 4 rings (SSSR count). The van der Waals surface area contributed by atoms with Crippen molar-refractivity contribution in [2.24, 2.45) is 0 Å². The number of amides is 3. The number of ether oxygens (including phenoxy) is 1. The van der Waals surface area contributed by atoms with Crippen LogP contribution in [0.2, 0.25) is 0 Å². The average Bonchev–Trinajstić information content (AvgIpc) is 3.21. The first-order valence-electron chi connectivity index (χ1n) is 9.52. The van der Waals surface area contributed by atoms with E-state index in [0.717, 1.165) is 5.69 Å². The molecule has 3 heterocycles. The number of aromatic nitrogens is 1. The fourth-order valence-corrected chi connectivity index (χ4v) is 3.45. The monoisotopic (exact) mass is 411 g/mol. The molecule has 30 heavy (non-hydrogen) atoms. The molecule has 2 aromatic rings. The summed E-state index contributed by atoms with van der Waals surface area (Å²) >= 11 is 0. The summed E-state index contributed by atoms with van der Waals surface area (Å²) in [5.74, 6) is -2.17. The molecule has 2 aliphatic rings. The third-order valence-electron chi connectivity index (χ3n) is 4.81. The van der Waals surface area contributed by atoms with Gasteiger partial charge in [0.05, 0.1) is 17.7 Å². The molecule has 9 heteroatoms. The Kier molecular flexibility index (Phi) is 4.60. The summed E-state index contributed by atoms with van der Waals surface area (Å²) in [6, 6.07) is 9.54. The minimum atomic E-state index is -0.818. The summed E-state index contributed by atoms with van der Waals surface area (Å²) < 4.78 is 7.10. The summed E-state index contributed by atoms with van der Waals surface area (Å²) in [6.07, 6.45) is -0.426. The van der Waals surface area contributed by atoms with Crippen molar-refractivity contribution in [1.82, 2.24) is 14.5 Å². The molecule has 1 aromatic carbocycles. The molecule has 2 aliphatic heterocycles. The molecule has 0 saturated heterocycles. The highest BCUT2D eigenvalue weighted by Gasteiger charge is 2.39. The van der Waals surface area contributed by atoms with Gasteiger partial charge in [-0.15, -0.1) is 0 Å². The molecular formula is C21H21N3O6. The molecule has 0 fully saturated rings. The molecule has 0 aliphatic carbocycles. The van der Waals surface area contributed by atoms with Crippen LogP contribution < -0.4 is 0 Å². The van der Waals surface area contributed by atoms with Crippen LogP contribution in [0.1, 0.15) is 57.7 Å². The molecule has 0 bridgehead atoms. The Hall–Kier alpha value is -3.62. The Morgan fingerprint density at radius 3 is 2.17 bits per heavy atom. The zero-order chi connectivity index (χ0) is 21.6. The van der Waals surface area contributed by atoms with E-state index in [1.54, 1.807) is 54.5 Å². The van der Waals surface area contributed by atoms with Crippen molar-refractivity contribution < 1.29 is 28.8 Å². The molecule has 0 N–H and O–H groups in total. The lowest BCUT2D eigenvalue weighted by Gasteiger charge is -2.31. The quantitative estimate of drug-likeness (QED) is 0.705. The van der Waals surface area contributed by atoms with E-state index in [0.29, 0.717) is 18.2 Å². The molecule has 156 valence electrons. The van der Waals surface area contributed by atoms with E-state index in [1.807, 2.05) is 0 Å². The number of fused-ring (bicyclic) bond motifs is 2. The van der Waals surface area contributed by atoms with E-state index in [2.05, 4.69) is 0 Å². The predicted octanol–water partition coefficient (Wildman–Crippen LogP) is 2.61. The number of carbonyl (C=O) groups is 4. The van der Waals surface area contributed by atoms with Crippen molar-refractivity contribution in [3.8, 4) is 0 Å². The zero-order valence-electron chi connectivity index (χ0n) is 16.9. The summed E-state index contributed by atoms with van der Waals surface area (Å²) in [4.78, 5) is 56.5. The van der Waals surface area contributed by atoms with E-state index in [9.17, 15) is 19.2 Å². The third-order valence-corrected chi connectivity index (χ3v) is 4.81. The number of hydrogen-bond acceptors (Lipinski definition) is 6. The molecule has 9 nitrogen and oxygen atoms in total. The minimum absolute atomic E-state index is 0.195. The highest BCUT2D eigenvalue weighted by Crippen LogP contribution is 2.25. The van der Waals surface area contributed by atoms with Gasteiger partial charge in [0.2, 0.25) is 0 Å². The lowest BCUT2D eigenvalue weighted by Crippen LogP contribution is -2.42. The smallest absolute Gasteiger partial charge is 0.410 e. The molecule has 0 unspecified atom stereocenters. The van der Waals surface area contributed by atoms with Gasteiger partial charge in [0.1, 0.15) is 11.3 Å². The topological polar surface area (TPSA) is 98.1 Å². The van der Waals surface area contributed by atoms with Gasteiger partial charge in [-0.25, -0.2) is 9.59 Å². The lowest BCUT2D eigenvalue weighted by atomic mass is 10.1. The van der Waals surface area contributed by atoms with Crippen LogP contribution in [0.5, 0.6) is 0 Å². The number of rotatable bonds is 2. The van der Waals surface area contributed by atoms with Crippen molar-refractivity contribution in [3.63, 3.8) is 0 Å².